The van der Waals surface area contributed by atoms with Crippen LogP contribution < -0.4 is 14.3 Å². The quantitative estimate of drug-likeness (QED) is 0.273. The van der Waals surface area contributed by atoms with Crippen molar-refractivity contribution >= 4 is 46.9 Å². The molecule has 3 heterocycles. The first kappa shape index (κ1) is 30.7. The molecule has 2 bridgehead atoms. The van der Waals surface area contributed by atoms with Crippen molar-refractivity contribution in [2.24, 2.45) is 35.5 Å². The Kier molecular flexibility index (Phi) is 8.29. The number of aromatic nitrogens is 1. The number of hydrogen-bond donors (Lipinski definition) is 2. The molecule has 1 aromatic carbocycles. The molecule has 8 atom stereocenters. The normalized spacial score (nSPS) is 28.9. The SMILES string of the molecule is CCOC(=O)COc1ccc([C@H]2c3sc(=O)[nH]c3SC3C4CC(C5C(=O)N(C(CC(C)C)C(=O)O)C(=O)C45)C32)cc1OCC. The third-order valence-electron chi connectivity index (χ3n) is 9.33. The fourth-order valence-electron chi connectivity index (χ4n) is 7.93. The van der Waals surface area contributed by atoms with Gasteiger partial charge in [-0.25, -0.2) is 9.59 Å². The van der Waals surface area contributed by atoms with E-state index in [0.29, 0.717) is 24.5 Å². The standard InChI is InChI=1S/C31H36N2O9S2/c1-5-40-19-10-14(7-8-18(19)42-12-20(34)41-6-2)21-22-15-11-16(25(22)43-27-26(21)44-31(39)32-27)24-23(15)28(35)33(29(24)36)17(30(37)38)9-13(3)4/h7-8,10,13,15-17,21-25H,5-6,9,11-12H2,1-4H3,(H,32,39)(H,37,38)/t15?,16?,17?,21-,22?,23?,24?,25?/m1/s1. The second-order valence-electron chi connectivity index (χ2n) is 12.2. The number of amides is 2. The van der Waals surface area contributed by atoms with E-state index in [1.54, 1.807) is 24.8 Å². The monoisotopic (exact) mass is 644 g/mol. The molecule has 0 radical (unpaired) electrons. The third kappa shape index (κ3) is 5.01. The predicted octanol–water partition coefficient (Wildman–Crippen LogP) is 3.75. The molecular formula is C31H36N2O9S2. The van der Waals surface area contributed by atoms with E-state index in [4.69, 9.17) is 14.2 Å². The lowest BCUT2D eigenvalue weighted by Gasteiger charge is -2.43. The topological polar surface area (TPSA) is 152 Å². The average Bonchev–Trinajstić information content (AvgIpc) is 3.70. The van der Waals surface area contributed by atoms with Crippen LogP contribution in [-0.4, -0.2) is 69.9 Å². The van der Waals surface area contributed by atoms with Gasteiger partial charge in [0, 0.05) is 16.0 Å². The lowest BCUT2D eigenvalue weighted by atomic mass is 9.68. The Bertz CT molecular complexity index is 1550. The number of H-pyrrole nitrogens is 1. The van der Waals surface area contributed by atoms with Gasteiger partial charge in [-0.2, -0.15) is 0 Å². The molecule has 2 saturated carbocycles. The minimum Gasteiger partial charge on any atom is -0.490 e. The van der Waals surface area contributed by atoms with Crippen LogP contribution in [0, 0.1) is 35.5 Å². The van der Waals surface area contributed by atoms with Crippen molar-refractivity contribution in [1.82, 2.24) is 9.88 Å². The number of esters is 1. The van der Waals surface area contributed by atoms with Gasteiger partial charge >= 0.3 is 16.8 Å². The zero-order chi connectivity index (χ0) is 31.4. The molecule has 13 heteroatoms. The maximum absolute atomic E-state index is 13.9. The van der Waals surface area contributed by atoms with Crippen LogP contribution in [0.15, 0.2) is 28.0 Å². The number of carbonyl (C=O) groups is 4. The van der Waals surface area contributed by atoms with Crippen LogP contribution >= 0.6 is 23.1 Å². The molecule has 2 N–H and O–H groups in total. The smallest absolute Gasteiger partial charge is 0.344 e. The molecule has 3 fully saturated rings. The number of hydrogen-bond acceptors (Lipinski definition) is 10. The highest BCUT2D eigenvalue weighted by molar-refractivity contribution is 8.00. The van der Waals surface area contributed by atoms with E-state index in [-0.39, 0.29) is 71.2 Å². The van der Waals surface area contributed by atoms with Crippen molar-refractivity contribution in [3.8, 4) is 11.5 Å². The summed E-state index contributed by atoms with van der Waals surface area (Å²) < 4.78 is 16.6. The molecule has 2 amide bonds. The molecule has 2 aliphatic heterocycles. The van der Waals surface area contributed by atoms with Crippen molar-refractivity contribution < 1.29 is 38.5 Å². The number of benzene rings is 1. The zero-order valence-electron chi connectivity index (χ0n) is 24.9. The summed E-state index contributed by atoms with van der Waals surface area (Å²) in [4.78, 5) is 69.3. The summed E-state index contributed by atoms with van der Waals surface area (Å²) in [5.41, 5.74) is 0.879. The summed E-state index contributed by atoms with van der Waals surface area (Å²) in [7, 11) is 0. The van der Waals surface area contributed by atoms with Crippen molar-refractivity contribution in [2.75, 3.05) is 19.8 Å². The fourth-order valence-corrected chi connectivity index (χ4v) is 10.8. The van der Waals surface area contributed by atoms with E-state index >= 15 is 0 Å². The molecule has 0 spiro atoms. The van der Waals surface area contributed by atoms with E-state index in [0.717, 1.165) is 31.7 Å². The molecular weight excluding hydrogens is 608 g/mol. The Hall–Kier alpha value is -3.32. The number of thiazole rings is 1. The number of fused-ring (bicyclic) bond motifs is 9. The summed E-state index contributed by atoms with van der Waals surface area (Å²) >= 11 is 2.72. The van der Waals surface area contributed by atoms with Crippen LogP contribution in [0.25, 0.3) is 0 Å². The van der Waals surface area contributed by atoms with Gasteiger partial charge in [0.05, 0.1) is 30.1 Å². The lowest BCUT2D eigenvalue weighted by molar-refractivity contribution is -0.156. The van der Waals surface area contributed by atoms with Crippen LogP contribution in [0.5, 0.6) is 11.5 Å². The minimum absolute atomic E-state index is 0.00651. The largest absolute Gasteiger partial charge is 0.490 e. The Balaban J connectivity index is 1.37. The van der Waals surface area contributed by atoms with Gasteiger partial charge in [0.25, 0.3) is 0 Å². The van der Waals surface area contributed by atoms with Gasteiger partial charge in [-0.1, -0.05) is 31.3 Å². The number of aliphatic carboxylic acids is 1. The van der Waals surface area contributed by atoms with Crippen LogP contribution in [0.4, 0.5) is 0 Å². The maximum atomic E-state index is 13.9. The second-order valence-corrected chi connectivity index (χ2v) is 14.4. The highest BCUT2D eigenvalue weighted by Gasteiger charge is 2.70. The summed E-state index contributed by atoms with van der Waals surface area (Å²) in [6.07, 6.45) is 0.898. The van der Waals surface area contributed by atoms with Gasteiger partial charge < -0.3 is 24.3 Å². The molecule has 44 heavy (non-hydrogen) atoms. The van der Waals surface area contributed by atoms with E-state index in [1.165, 1.54) is 0 Å². The molecule has 2 aromatic rings. The summed E-state index contributed by atoms with van der Waals surface area (Å²) in [5, 5.41) is 10.7. The number of carbonyl (C=O) groups excluding carboxylic acids is 3. The molecule has 1 aromatic heterocycles. The van der Waals surface area contributed by atoms with Crippen LogP contribution in [0.1, 0.15) is 56.9 Å². The Morgan fingerprint density at radius 1 is 1.05 bits per heavy atom. The number of ether oxygens (including phenoxy) is 3. The summed E-state index contributed by atoms with van der Waals surface area (Å²) in [5.74, 6) is -3.29. The van der Waals surface area contributed by atoms with Crippen LogP contribution in [-0.2, 0) is 23.9 Å². The number of imide groups is 1. The number of nitrogens with one attached hydrogen (secondary N) is 1. The van der Waals surface area contributed by atoms with Crippen LogP contribution in [0.2, 0.25) is 0 Å². The van der Waals surface area contributed by atoms with E-state index in [1.807, 2.05) is 32.9 Å². The first-order valence-corrected chi connectivity index (χ1v) is 16.8. The van der Waals surface area contributed by atoms with Crippen LogP contribution in [0.3, 0.4) is 0 Å². The zero-order valence-corrected chi connectivity index (χ0v) is 26.6. The number of carboxylic acids is 1. The lowest BCUT2D eigenvalue weighted by Crippen LogP contribution is -2.47. The number of likely N-dealkylation sites (tertiary alicyclic amines) is 1. The number of rotatable bonds is 11. The van der Waals surface area contributed by atoms with Gasteiger partial charge in [0.1, 0.15) is 6.04 Å². The molecule has 236 valence electrons. The fraction of sp³-hybridized carbons (Fsp3) is 0.581. The molecule has 2 aliphatic carbocycles. The molecule has 6 rings (SSSR count). The predicted molar refractivity (Wildman–Crippen MR) is 161 cm³/mol. The second kappa shape index (κ2) is 11.9. The third-order valence-corrected chi connectivity index (χ3v) is 11.9. The van der Waals surface area contributed by atoms with Gasteiger partial charge in [-0.3, -0.25) is 19.3 Å². The van der Waals surface area contributed by atoms with Gasteiger partial charge in [-0.05, 0) is 68.1 Å². The van der Waals surface area contributed by atoms with Crippen molar-refractivity contribution in [2.45, 2.75) is 62.8 Å². The summed E-state index contributed by atoms with van der Waals surface area (Å²) in [6.45, 7) is 7.66. The Labute approximate surface area is 262 Å². The van der Waals surface area contributed by atoms with Crippen molar-refractivity contribution in [3.05, 3.63) is 38.3 Å². The Morgan fingerprint density at radius 2 is 1.77 bits per heavy atom. The molecule has 7 unspecified atom stereocenters. The molecule has 11 nitrogen and oxygen atoms in total. The Morgan fingerprint density at radius 3 is 2.43 bits per heavy atom. The van der Waals surface area contributed by atoms with Gasteiger partial charge in [0.2, 0.25) is 11.8 Å². The number of nitrogens with zero attached hydrogens (tertiary/aromatic N) is 1. The van der Waals surface area contributed by atoms with Gasteiger partial charge in [-0.15, -0.1) is 11.8 Å². The van der Waals surface area contributed by atoms with E-state index in [9.17, 15) is 29.1 Å². The maximum Gasteiger partial charge on any atom is 0.344 e. The molecule has 4 aliphatic rings. The van der Waals surface area contributed by atoms with E-state index < -0.39 is 29.8 Å². The highest BCUT2D eigenvalue weighted by Crippen LogP contribution is 2.68. The number of aromatic amines is 1. The van der Waals surface area contributed by atoms with Crippen molar-refractivity contribution in [1.29, 1.82) is 0 Å². The van der Waals surface area contributed by atoms with Crippen molar-refractivity contribution in [3.63, 3.8) is 0 Å². The number of carboxylic acid groups (broad SMARTS) is 1. The highest BCUT2D eigenvalue weighted by atomic mass is 32.2. The molecule has 1 saturated heterocycles. The average molecular weight is 645 g/mol. The first-order chi connectivity index (χ1) is 21.0. The summed E-state index contributed by atoms with van der Waals surface area (Å²) in [6, 6.07) is 4.33. The van der Waals surface area contributed by atoms with E-state index in [2.05, 4.69) is 4.98 Å². The minimum atomic E-state index is -1.18. The first-order valence-electron chi connectivity index (χ1n) is 15.1. The number of thioether (sulfide) groups is 1. The van der Waals surface area contributed by atoms with Gasteiger partial charge in [0.15, 0.2) is 18.1 Å².